The van der Waals surface area contributed by atoms with Gasteiger partial charge in [-0.3, -0.25) is 9.59 Å². The molecule has 1 aromatic rings. The van der Waals surface area contributed by atoms with E-state index in [-0.39, 0.29) is 23.1 Å². The van der Waals surface area contributed by atoms with Crippen LogP contribution in [0.25, 0.3) is 0 Å². The van der Waals surface area contributed by atoms with E-state index in [0.717, 1.165) is 11.8 Å². The quantitative estimate of drug-likeness (QED) is 0.167. The molecule has 5 rings (SSSR count). The van der Waals surface area contributed by atoms with Crippen molar-refractivity contribution in [3.05, 3.63) is 47.0 Å². The Morgan fingerprint density at radius 1 is 1.00 bits per heavy atom. The smallest absolute Gasteiger partial charge is 0.411 e. The Bertz CT molecular complexity index is 1970. The first kappa shape index (κ1) is 47.3. The van der Waals surface area contributed by atoms with E-state index >= 15 is 4.79 Å². The molecule has 20 heteroatoms. The van der Waals surface area contributed by atoms with Gasteiger partial charge < -0.3 is 54.0 Å². The van der Waals surface area contributed by atoms with E-state index in [1.165, 1.54) is 92.1 Å². The first-order valence-electron chi connectivity index (χ1n) is 19.5. The summed E-state index contributed by atoms with van der Waals surface area (Å²) in [7, 11) is 2.61. The molecule has 61 heavy (non-hydrogen) atoms. The zero-order chi connectivity index (χ0) is 46.0. The summed E-state index contributed by atoms with van der Waals surface area (Å²) in [4.78, 5) is 83.1. The maximum Gasteiger partial charge on any atom is 0.411 e. The number of hydrogen-bond donors (Lipinski definition) is 4. The van der Waals surface area contributed by atoms with Gasteiger partial charge in [-0.2, -0.15) is 13.2 Å². The maximum absolute atomic E-state index is 15.5. The summed E-state index contributed by atoms with van der Waals surface area (Å²) < 4.78 is 77.4. The van der Waals surface area contributed by atoms with Gasteiger partial charge in [-0.15, -0.1) is 0 Å². The number of ether oxygens (including phenoxy) is 6. The molecule has 1 unspecified atom stereocenters. The number of carbonyl (C=O) groups is 6. The van der Waals surface area contributed by atoms with Crippen LogP contribution in [0.3, 0.4) is 0 Å². The molecule has 0 spiro atoms. The molecular weight excluding hydrogens is 817 g/mol. The van der Waals surface area contributed by atoms with Gasteiger partial charge in [0.1, 0.15) is 29.5 Å². The Balaban J connectivity index is 1.76. The van der Waals surface area contributed by atoms with Crippen molar-refractivity contribution >= 4 is 35.9 Å². The molecule has 338 valence electrons. The van der Waals surface area contributed by atoms with E-state index in [1.807, 2.05) is 0 Å². The largest absolute Gasteiger partial charge is 0.456 e. The van der Waals surface area contributed by atoms with Gasteiger partial charge in [0.15, 0.2) is 29.6 Å². The maximum atomic E-state index is 15.5. The summed E-state index contributed by atoms with van der Waals surface area (Å²) in [6, 6.07) is 4.15. The molecule has 3 aliphatic carbocycles. The van der Waals surface area contributed by atoms with Crippen LogP contribution in [0.2, 0.25) is 0 Å². The van der Waals surface area contributed by atoms with Gasteiger partial charge in [0.05, 0.1) is 29.6 Å². The molecule has 17 nitrogen and oxygen atoms in total. The standard InChI is InChI=1S/C41H53F3N2O15/c1-19-22(57-33(52)26(49)29(41(42,43)44)45-34(53)61-36(3,4)5)17-40(55)31(59-32(51)21-14-12-11-13-15-21)28-38(8,23(48)16-24-39(28,18-56-24)60-20(2)47)30(50)27(25(19)37(40,6)7)58-35(54)46(9)10/h11-15,22-24,26-29,31,48-49,55H,16-18H2,1-10H3,(H,45,53)/t22-,23-,24+,26+,27+,28?,29+,31-,38+,39-,40+/m0/s1. The number of alkyl carbamates (subject to hydrolysis) is 1. The number of amides is 2. The predicted molar refractivity (Wildman–Crippen MR) is 202 cm³/mol. The highest BCUT2D eigenvalue weighted by atomic mass is 19.4. The Morgan fingerprint density at radius 3 is 2.11 bits per heavy atom. The molecule has 4 aliphatic rings. The van der Waals surface area contributed by atoms with Gasteiger partial charge in [0.2, 0.25) is 0 Å². The van der Waals surface area contributed by atoms with Crippen molar-refractivity contribution in [2.45, 2.75) is 134 Å². The van der Waals surface area contributed by atoms with Crippen molar-refractivity contribution in [1.82, 2.24) is 10.2 Å². The van der Waals surface area contributed by atoms with Crippen LogP contribution in [-0.4, -0.2) is 142 Å². The number of carbonyl (C=O) groups excluding carboxylic acids is 6. The van der Waals surface area contributed by atoms with E-state index in [0.29, 0.717) is 0 Å². The molecule has 1 aliphatic heterocycles. The van der Waals surface area contributed by atoms with Crippen LogP contribution in [0.1, 0.15) is 78.6 Å². The van der Waals surface area contributed by atoms with Crippen molar-refractivity contribution < 1.29 is 85.7 Å². The van der Waals surface area contributed by atoms with Crippen molar-refractivity contribution in [2.75, 3.05) is 20.7 Å². The van der Waals surface area contributed by atoms with Gasteiger partial charge in [-0.25, -0.2) is 19.2 Å². The number of Topliss-reactive ketones (excluding diaryl/α,β-unsaturated/α-hetero) is 1. The van der Waals surface area contributed by atoms with Crippen LogP contribution in [-0.2, 0) is 42.8 Å². The Kier molecular flexibility index (Phi) is 12.5. The molecule has 1 heterocycles. The van der Waals surface area contributed by atoms with Crippen molar-refractivity contribution in [1.29, 1.82) is 0 Å². The average molecular weight is 871 g/mol. The number of rotatable bonds is 8. The molecule has 0 aromatic heterocycles. The van der Waals surface area contributed by atoms with Gasteiger partial charge >= 0.3 is 36.3 Å². The molecular formula is C41H53F3N2O15. The number of alkyl halides is 3. The number of nitrogens with zero attached hydrogens (tertiary/aromatic N) is 1. The fraction of sp³-hybridized carbons (Fsp3) is 0.659. The minimum atomic E-state index is -5.45. The molecule has 2 bridgehead atoms. The highest BCUT2D eigenvalue weighted by Gasteiger charge is 2.78. The van der Waals surface area contributed by atoms with Crippen LogP contribution < -0.4 is 5.32 Å². The first-order chi connectivity index (χ1) is 27.9. The third-order valence-electron chi connectivity index (χ3n) is 12.3. The van der Waals surface area contributed by atoms with Crippen LogP contribution in [0.4, 0.5) is 22.8 Å². The van der Waals surface area contributed by atoms with E-state index in [2.05, 4.69) is 0 Å². The molecule has 1 saturated heterocycles. The van der Waals surface area contributed by atoms with Crippen LogP contribution >= 0.6 is 0 Å². The Labute approximate surface area is 349 Å². The number of ketones is 1. The van der Waals surface area contributed by atoms with Gasteiger partial charge in [-0.1, -0.05) is 32.0 Å². The van der Waals surface area contributed by atoms with E-state index in [9.17, 15) is 52.5 Å². The highest BCUT2D eigenvalue weighted by Crippen LogP contribution is 2.64. The minimum Gasteiger partial charge on any atom is -0.456 e. The summed E-state index contributed by atoms with van der Waals surface area (Å²) in [6.45, 7) is 10.2. The molecule has 2 amide bonds. The molecule has 0 radical (unpaired) electrons. The zero-order valence-corrected chi connectivity index (χ0v) is 35.4. The molecule has 4 N–H and O–H groups in total. The number of aliphatic hydroxyl groups is 3. The van der Waals surface area contributed by atoms with Crippen LogP contribution in [0.5, 0.6) is 0 Å². The second kappa shape index (κ2) is 16.2. The number of nitrogens with one attached hydrogen (secondary N) is 1. The summed E-state index contributed by atoms with van der Waals surface area (Å²) in [5.41, 5.74) is -10.3. The average Bonchev–Trinajstić information content (AvgIpc) is 3.13. The summed E-state index contributed by atoms with van der Waals surface area (Å²) in [5, 5.41) is 37.9. The number of aliphatic hydroxyl groups excluding tert-OH is 2. The Morgan fingerprint density at radius 2 is 1.61 bits per heavy atom. The van der Waals surface area contributed by atoms with Crippen molar-refractivity contribution in [3.8, 4) is 0 Å². The predicted octanol–water partition coefficient (Wildman–Crippen LogP) is 3.16. The lowest BCUT2D eigenvalue weighted by atomic mass is 9.44. The van der Waals surface area contributed by atoms with Crippen LogP contribution in [0.15, 0.2) is 41.5 Å². The normalized spacial score (nSPS) is 32.8. The second-order valence-corrected chi connectivity index (χ2v) is 18.0. The van der Waals surface area contributed by atoms with Gasteiger partial charge in [-0.05, 0) is 57.9 Å². The lowest BCUT2D eigenvalue weighted by Gasteiger charge is -2.67. The van der Waals surface area contributed by atoms with Crippen molar-refractivity contribution in [2.24, 2.45) is 16.7 Å². The third kappa shape index (κ3) is 8.30. The second-order valence-electron chi connectivity index (χ2n) is 18.0. The number of hydrogen-bond acceptors (Lipinski definition) is 15. The zero-order valence-electron chi connectivity index (χ0n) is 35.4. The molecule has 3 fully saturated rings. The van der Waals surface area contributed by atoms with Gasteiger partial charge in [0.25, 0.3) is 0 Å². The summed E-state index contributed by atoms with van der Waals surface area (Å²) in [6.07, 6.45) is -21.2. The topological polar surface area (TPSA) is 234 Å². The van der Waals surface area contributed by atoms with Gasteiger partial charge in [0, 0.05) is 39.3 Å². The van der Waals surface area contributed by atoms with E-state index < -0.39 is 131 Å². The molecule has 2 saturated carbocycles. The first-order valence-corrected chi connectivity index (χ1v) is 19.5. The molecule has 1 aromatic carbocycles. The number of benzene rings is 1. The highest BCUT2D eigenvalue weighted by molar-refractivity contribution is 5.95. The minimum absolute atomic E-state index is 0.0411. The lowest BCUT2D eigenvalue weighted by Crippen LogP contribution is -2.82. The Hall–Kier alpha value is -4.79. The third-order valence-corrected chi connectivity index (χ3v) is 12.3. The number of esters is 3. The van der Waals surface area contributed by atoms with Crippen LogP contribution in [0, 0.1) is 16.7 Å². The van der Waals surface area contributed by atoms with E-state index in [1.54, 1.807) is 6.07 Å². The number of halogens is 3. The fourth-order valence-corrected chi connectivity index (χ4v) is 9.18. The fourth-order valence-electron chi connectivity index (χ4n) is 9.18. The number of fused-ring (bicyclic) bond motifs is 5. The molecule has 11 atom stereocenters. The summed E-state index contributed by atoms with van der Waals surface area (Å²) >= 11 is 0. The monoisotopic (exact) mass is 870 g/mol. The van der Waals surface area contributed by atoms with E-state index in [4.69, 9.17) is 28.4 Å². The van der Waals surface area contributed by atoms with Crippen molar-refractivity contribution in [3.63, 3.8) is 0 Å². The SMILES string of the molecule is CC(=O)O[C@@]12CO[C@@H]1C[C@H](O)[C@@]1(C)C(=O)[C@H](OC(=O)N(C)C)C3=C(C)[C@@H](OC(=O)[C@H](O)[C@@H](NC(=O)OC(C)(C)C)C(F)(F)F)C[C@@](O)([C@@H](OC(=O)c4ccccc4)C12)C3(C)C. The summed E-state index contributed by atoms with van der Waals surface area (Å²) in [5.74, 6) is -6.63. The lowest BCUT2D eigenvalue weighted by molar-refractivity contribution is -0.345.